The molecule has 0 fully saturated rings. The summed E-state index contributed by atoms with van der Waals surface area (Å²) in [4.78, 5) is 4.37. The molecule has 0 saturated carbocycles. The van der Waals surface area contributed by atoms with Gasteiger partial charge in [-0.15, -0.1) is 5.10 Å². The van der Waals surface area contributed by atoms with E-state index < -0.39 is 10.0 Å². The van der Waals surface area contributed by atoms with E-state index in [9.17, 15) is 8.42 Å². The minimum atomic E-state index is -3.50. The quantitative estimate of drug-likeness (QED) is 0.698. The SMILES string of the molecule is Nc1nc(SCCN2c3cccc4cccc(c34)S2(=O)=O)n[nH]1. The van der Waals surface area contributed by atoms with Crippen molar-refractivity contribution >= 4 is 44.2 Å². The second-order valence-electron chi connectivity index (χ2n) is 5.06. The molecule has 0 spiro atoms. The largest absolute Gasteiger partial charge is 0.368 e. The van der Waals surface area contributed by atoms with Crippen LogP contribution in [0.5, 0.6) is 0 Å². The minimum absolute atomic E-state index is 0.249. The Labute approximate surface area is 136 Å². The smallest absolute Gasteiger partial charge is 0.265 e. The Balaban J connectivity index is 1.64. The molecule has 0 aliphatic carbocycles. The third-order valence-corrected chi connectivity index (χ3v) is 6.37. The van der Waals surface area contributed by atoms with Crippen LogP contribution >= 0.6 is 11.8 Å². The van der Waals surface area contributed by atoms with Crippen LogP contribution in [0.15, 0.2) is 46.5 Å². The lowest BCUT2D eigenvalue weighted by Gasteiger charge is -2.18. The van der Waals surface area contributed by atoms with Crippen molar-refractivity contribution in [3.8, 4) is 0 Å². The number of benzene rings is 2. The van der Waals surface area contributed by atoms with Crippen LogP contribution in [-0.2, 0) is 10.0 Å². The summed E-state index contributed by atoms with van der Waals surface area (Å²) in [5.41, 5.74) is 6.21. The summed E-state index contributed by atoms with van der Waals surface area (Å²) in [7, 11) is -3.50. The third-order valence-electron chi connectivity index (χ3n) is 3.69. The Bertz CT molecular complexity index is 994. The van der Waals surface area contributed by atoms with E-state index in [0.29, 0.717) is 22.3 Å². The zero-order chi connectivity index (χ0) is 16.0. The van der Waals surface area contributed by atoms with E-state index in [0.717, 1.165) is 16.5 Å². The highest BCUT2D eigenvalue weighted by atomic mass is 32.2. The fourth-order valence-corrected chi connectivity index (χ4v) is 5.30. The van der Waals surface area contributed by atoms with Crippen LogP contribution in [0, 0.1) is 0 Å². The molecule has 3 N–H and O–H groups in total. The van der Waals surface area contributed by atoms with Crippen LogP contribution in [0.3, 0.4) is 0 Å². The van der Waals surface area contributed by atoms with Gasteiger partial charge in [-0.25, -0.2) is 13.5 Å². The molecular formula is C14H13N5O2S2. The van der Waals surface area contributed by atoms with Gasteiger partial charge >= 0.3 is 0 Å². The van der Waals surface area contributed by atoms with Gasteiger partial charge in [0, 0.05) is 17.7 Å². The molecule has 0 radical (unpaired) electrons. The molecular weight excluding hydrogens is 334 g/mol. The molecule has 0 amide bonds. The average molecular weight is 347 g/mol. The molecule has 0 saturated heterocycles. The summed E-state index contributed by atoms with van der Waals surface area (Å²) >= 11 is 1.36. The van der Waals surface area contributed by atoms with E-state index in [4.69, 9.17) is 5.73 Å². The van der Waals surface area contributed by atoms with Gasteiger partial charge in [-0.05, 0) is 17.5 Å². The Morgan fingerprint density at radius 3 is 2.74 bits per heavy atom. The first-order chi connectivity index (χ1) is 11.1. The molecule has 4 rings (SSSR count). The first-order valence-electron chi connectivity index (χ1n) is 6.92. The summed E-state index contributed by atoms with van der Waals surface area (Å²) in [6, 6.07) is 11.0. The molecule has 1 aliphatic heterocycles. The van der Waals surface area contributed by atoms with Gasteiger partial charge in [0.15, 0.2) is 0 Å². The zero-order valence-corrected chi connectivity index (χ0v) is 13.6. The van der Waals surface area contributed by atoms with Crippen molar-refractivity contribution in [1.82, 2.24) is 15.2 Å². The molecule has 3 aromatic rings. The molecule has 7 nitrogen and oxygen atoms in total. The fraction of sp³-hybridized carbons (Fsp3) is 0.143. The van der Waals surface area contributed by atoms with Crippen molar-refractivity contribution < 1.29 is 8.42 Å². The zero-order valence-electron chi connectivity index (χ0n) is 11.9. The lowest BCUT2D eigenvalue weighted by atomic mass is 10.1. The van der Waals surface area contributed by atoms with Crippen molar-refractivity contribution in [3.05, 3.63) is 36.4 Å². The van der Waals surface area contributed by atoms with E-state index in [1.54, 1.807) is 12.1 Å². The van der Waals surface area contributed by atoms with Gasteiger partial charge in [0.2, 0.25) is 11.1 Å². The highest BCUT2D eigenvalue weighted by Crippen LogP contribution is 2.41. The number of rotatable bonds is 4. The van der Waals surface area contributed by atoms with Gasteiger partial charge in [0.05, 0.1) is 10.6 Å². The Morgan fingerprint density at radius 1 is 1.22 bits per heavy atom. The van der Waals surface area contributed by atoms with Crippen LogP contribution in [0.25, 0.3) is 10.8 Å². The van der Waals surface area contributed by atoms with E-state index in [2.05, 4.69) is 15.2 Å². The minimum Gasteiger partial charge on any atom is -0.368 e. The summed E-state index contributed by atoms with van der Waals surface area (Å²) in [5, 5.41) is 8.72. The van der Waals surface area contributed by atoms with Crippen LogP contribution in [-0.4, -0.2) is 35.9 Å². The number of hydrogen-bond donors (Lipinski definition) is 2. The lowest BCUT2D eigenvalue weighted by Crippen LogP contribution is -2.29. The predicted molar refractivity (Wildman–Crippen MR) is 90.0 cm³/mol. The summed E-state index contributed by atoms with van der Waals surface area (Å²) in [6.07, 6.45) is 0. The summed E-state index contributed by atoms with van der Waals surface area (Å²) in [6.45, 7) is 0.342. The van der Waals surface area contributed by atoms with E-state index in [1.165, 1.54) is 16.1 Å². The second-order valence-corrected chi connectivity index (χ2v) is 7.95. The number of H-pyrrole nitrogens is 1. The molecule has 2 heterocycles. The number of nitrogen functional groups attached to an aromatic ring is 1. The number of nitrogens with zero attached hydrogens (tertiary/aromatic N) is 3. The van der Waals surface area contributed by atoms with Crippen molar-refractivity contribution in [2.45, 2.75) is 10.1 Å². The maximum Gasteiger partial charge on any atom is 0.265 e. The van der Waals surface area contributed by atoms with Crippen LogP contribution in [0.4, 0.5) is 11.6 Å². The topological polar surface area (TPSA) is 105 Å². The first-order valence-corrected chi connectivity index (χ1v) is 9.35. The molecule has 0 atom stereocenters. The van der Waals surface area contributed by atoms with Crippen molar-refractivity contribution in [1.29, 1.82) is 0 Å². The van der Waals surface area contributed by atoms with Crippen molar-refractivity contribution in [3.63, 3.8) is 0 Å². The number of nitrogens with one attached hydrogen (secondary N) is 1. The average Bonchev–Trinajstić information content (AvgIpc) is 3.04. The normalized spacial score (nSPS) is 15.4. The second kappa shape index (κ2) is 5.14. The van der Waals surface area contributed by atoms with Crippen LogP contribution < -0.4 is 10.0 Å². The molecule has 23 heavy (non-hydrogen) atoms. The lowest BCUT2D eigenvalue weighted by molar-refractivity contribution is 0.595. The molecule has 1 aliphatic rings. The molecule has 2 aromatic carbocycles. The number of sulfonamides is 1. The molecule has 0 unspecified atom stereocenters. The van der Waals surface area contributed by atoms with Gasteiger partial charge in [-0.2, -0.15) is 4.98 Å². The van der Waals surface area contributed by atoms with E-state index in [1.807, 2.05) is 24.3 Å². The van der Waals surface area contributed by atoms with E-state index in [-0.39, 0.29) is 5.95 Å². The first kappa shape index (κ1) is 14.3. The highest BCUT2D eigenvalue weighted by molar-refractivity contribution is 7.99. The van der Waals surface area contributed by atoms with Crippen molar-refractivity contribution in [2.24, 2.45) is 0 Å². The summed E-state index contributed by atoms with van der Waals surface area (Å²) < 4.78 is 27.0. The maximum atomic E-state index is 12.8. The van der Waals surface area contributed by atoms with Crippen LogP contribution in [0.2, 0.25) is 0 Å². The number of thioether (sulfide) groups is 1. The van der Waals surface area contributed by atoms with Gasteiger partial charge in [0.25, 0.3) is 10.0 Å². The monoisotopic (exact) mass is 347 g/mol. The third kappa shape index (κ3) is 2.23. The number of aromatic amines is 1. The Morgan fingerprint density at radius 2 is 2.00 bits per heavy atom. The van der Waals surface area contributed by atoms with Gasteiger partial charge in [-0.1, -0.05) is 36.0 Å². The molecule has 0 bridgehead atoms. The fourth-order valence-electron chi connectivity index (χ4n) is 2.74. The van der Waals surface area contributed by atoms with E-state index >= 15 is 0 Å². The van der Waals surface area contributed by atoms with Crippen LogP contribution in [0.1, 0.15) is 0 Å². The highest BCUT2D eigenvalue weighted by Gasteiger charge is 2.35. The molecule has 9 heteroatoms. The standard InChI is InChI=1S/C14H13N5O2S2/c15-13-16-14(18-17-13)22-8-7-19-10-5-1-3-9-4-2-6-11(12(9)10)23(19,20)21/h1-6H,7-8H2,(H3,15,16,17,18). The number of nitrogens with two attached hydrogens (primary N) is 1. The Hall–Kier alpha value is -2.26. The predicted octanol–water partition coefficient (Wildman–Crippen LogP) is 1.84. The number of aromatic nitrogens is 3. The molecule has 118 valence electrons. The van der Waals surface area contributed by atoms with Gasteiger partial charge in [-0.3, -0.25) is 4.31 Å². The van der Waals surface area contributed by atoms with Gasteiger partial charge < -0.3 is 5.73 Å². The van der Waals surface area contributed by atoms with Gasteiger partial charge in [0.1, 0.15) is 0 Å². The number of hydrogen-bond acceptors (Lipinski definition) is 6. The molecule has 1 aromatic heterocycles. The maximum absolute atomic E-state index is 12.8. The van der Waals surface area contributed by atoms with Crippen molar-refractivity contribution in [2.75, 3.05) is 22.3 Å². The number of anilines is 2. The Kier molecular flexibility index (Phi) is 3.20. The summed E-state index contributed by atoms with van der Waals surface area (Å²) in [5.74, 6) is 0.777.